The molecule has 5 heteroatoms. The van der Waals surface area contributed by atoms with Crippen LogP contribution in [0.5, 0.6) is 0 Å². The van der Waals surface area contributed by atoms with Crippen molar-refractivity contribution in [3.8, 4) is 0 Å². The van der Waals surface area contributed by atoms with E-state index in [9.17, 15) is 4.79 Å². The van der Waals surface area contributed by atoms with Crippen LogP contribution in [0.2, 0.25) is 0 Å². The number of hydrogen-bond acceptors (Lipinski definition) is 4. The van der Waals surface area contributed by atoms with Gasteiger partial charge in [0.1, 0.15) is 5.82 Å². The number of nitrogens with zero attached hydrogens (tertiary/aromatic N) is 3. The number of likely N-dealkylation sites (tertiary alicyclic amines) is 2. The zero-order valence-electron chi connectivity index (χ0n) is 13.9. The van der Waals surface area contributed by atoms with Crippen molar-refractivity contribution >= 4 is 11.7 Å². The predicted molar refractivity (Wildman–Crippen MR) is 90.6 cm³/mol. The van der Waals surface area contributed by atoms with Gasteiger partial charge in [0.2, 0.25) is 0 Å². The summed E-state index contributed by atoms with van der Waals surface area (Å²) in [6, 6.07) is 5.36. The van der Waals surface area contributed by atoms with Gasteiger partial charge in [0.05, 0.1) is 5.56 Å². The summed E-state index contributed by atoms with van der Waals surface area (Å²) in [5.41, 5.74) is 0.721. The molecule has 0 bridgehead atoms. The lowest BCUT2D eigenvalue weighted by Gasteiger charge is -2.33. The highest BCUT2D eigenvalue weighted by atomic mass is 16.2. The maximum Gasteiger partial charge on any atom is 0.255 e. The molecular formula is C18H26N4O. The standard InChI is InChI=1S/C18H26N4O/c1-21-10-2-4-15(21)16-5-3-11-22(16)18(23)13-6-9-17(19-12-13)20-14-7-8-14/h6,9,12,14-16H,2-5,7-8,10-11H2,1H3,(H,19,20)/t15-,16+/m1/s1. The number of hydrogen-bond donors (Lipinski definition) is 1. The summed E-state index contributed by atoms with van der Waals surface area (Å²) < 4.78 is 0. The van der Waals surface area contributed by atoms with Crippen molar-refractivity contribution in [1.82, 2.24) is 14.8 Å². The molecule has 1 N–H and O–H groups in total. The van der Waals surface area contributed by atoms with Gasteiger partial charge in [-0.05, 0) is 64.3 Å². The first-order chi connectivity index (χ1) is 11.2. The average Bonchev–Trinajstić information content (AvgIpc) is 3.08. The minimum Gasteiger partial charge on any atom is -0.367 e. The Hall–Kier alpha value is -1.62. The Kier molecular flexibility index (Phi) is 3.97. The van der Waals surface area contributed by atoms with E-state index in [1.54, 1.807) is 6.20 Å². The van der Waals surface area contributed by atoms with Crippen LogP contribution < -0.4 is 5.32 Å². The van der Waals surface area contributed by atoms with E-state index < -0.39 is 0 Å². The van der Waals surface area contributed by atoms with Gasteiger partial charge in [-0.1, -0.05) is 0 Å². The Morgan fingerprint density at radius 1 is 1.13 bits per heavy atom. The fourth-order valence-electron chi connectivity index (χ4n) is 4.08. The summed E-state index contributed by atoms with van der Waals surface area (Å²) in [6.07, 6.45) is 8.92. The number of carbonyl (C=O) groups excluding carboxylic acids is 1. The van der Waals surface area contributed by atoms with Gasteiger partial charge in [0.25, 0.3) is 5.91 Å². The Morgan fingerprint density at radius 3 is 2.57 bits per heavy atom. The monoisotopic (exact) mass is 314 g/mol. The van der Waals surface area contributed by atoms with Crippen LogP contribution in [-0.4, -0.2) is 59.0 Å². The summed E-state index contributed by atoms with van der Waals surface area (Å²) in [4.78, 5) is 21.9. The molecule has 2 aliphatic heterocycles. The number of amides is 1. The van der Waals surface area contributed by atoms with Crippen LogP contribution in [0, 0.1) is 0 Å². The summed E-state index contributed by atoms with van der Waals surface area (Å²) in [5, 5.41) is 3.37. The van der Waals surface area contributed by atoms with Gasteiger partial charge in [-0.25, -0.2) is 4.98 Å². The molecule has 3 heterocycles. The number of anilines is 1. The number of likely N-dealkylation sites (N-methyl/N-ethyl adjacent to an activating group) is 1. The lowest BCUT2D eigenvalue weighted by Crippen LogP contribution is -2.47. The first kappa shape index (κ1) is 14.9. The van der Waals surface area contributed by atoms with E-state index in [0.717, 1.165) is 37.3 Å². The van der Waals surface area contributed by atoms with E-state index in [1.165, 1.54) is 25.7 Å². The number of carbonyl (C=O) groups is 1. The Balaban J connectivity index is 1.46. The summed E-state index contributed by atoms with van der Waals surface area (Å²) in [6.45, 7) is 2.04. The third-order valence-electron chi connectivity index (χ3n) is 5.52. The smallest absolute Gasteiger partial charge is 0.255 e. The molecule has 1 aliphatic carbocycles. The van der Waals surface area contributed by atoms with Crippen LogP contribution in [0.15, 0.2) is 18.3 Å². The van der Waals surface area contributed by atoms with E-state index in [4.69, 9.17) is 0 Å². The molecule has 1 saturated carbocycles. The minimum absolute atomic E-state index is 0.151. The fourth-order valence-corrected chi connectivity index (χ4v) is 4.08. The molecule has 2 atom stereocenters. The second-order valence-corrected chi connectivity index (χ2v) is 7.25. The third-order valence-corrected chi connectivity index (χ3v) is 5.52. The van der Waals surface area contributed by atoms with Crippen LogP contribution >= 0.6 is 0 Å². The molecule has 3 fully saturated rings. The third kappa shape index (κ3) is 3.07. The highest BCUT2D eigenvalue weighted by Gasteiger charge is 2.38. The molecule has 4 rings (SSSR count). The SMILES string of the molecule is CN1CCC[C@@H]1[C@@H]1CCCN1C(=O)c1ccc(NC2CC2)nc1. The van der Waals surface area contributed by atoms with E-state index in [2.05, 4.69) is 27.1 Å². The van der Waals surface area contributed by atoms with Gasteiger partial charge in [-0.2, -0.15) is 0 Å². The van der Waals surface area contributed by atoms with Crippen molar-refractivity contribution in [3.05, 3.63) is 23.9 Å². The van der Waals surface area contributed by atoms with Gasteiger partial charge in [-0.3, -0.25) is 4.79 Å². The first-order valence-electron chi connectivity index (χ1n) is 8.96. The number of aromatic nitrogens is 1. The van der Waals surface area contributed by atoms with Gasteiger partial charge in [0, 0.05) is 30.9 Å². The Labute approximate surface area is 138 Å². The van der Waals surface area contributed by atoms with Crippen LogP contribution in [0.3, 0.4) is 0 Å². The zero-order chi connectivity index (χ0) is 15.8. The molecule has 2 saturated heterocycles. The van der Waals surface area contributed by atoms with Gasteiger partial charge >= 0.3 is 0 Å². The molecule has 3 aliphatic rings. The minimum atomic E-state index is 0.151. The lowest BCUT2D eigenvalue weighted by atomic mass is 10.0. The van der Waals surface area contributed by atoms with Crippen LogP contribution in [0.25, 0.3) is 0 Å². The highest BCUT2D eigenvalue weighted by molar-refractivity contribution is 5.94. The van der Waals surface area contributed by atoms with E-state index in [0.29, 0.717) is 18.1 Å². The Morgan fingerprint density at radius 2 is 1.91 bits per heavy atom. The van der Waals surface area contributed by atoms with Crippen LogP contribution in [0.1, 0.15) is 48.9 Å². The van der Waals surface area contributed by atoms with Crippen molar-refractivity contribution in [1.29, 1.82) is 0 Å². The molecule has 0 unspecified atom stereocenters. The maximum atomic E-state index is 12.9. The number of nitrogens with one attached hydrogen (secondary N) is 1. The van der Waals surface area contributed by atoms with Crippen molar-refractivity contribution in [2.75, 3.05) is 25.5 Å². The van der Waals surface area contributed by atoms with E-state index in [1.807, 2.05) is 12.1 Å². The Bertz CT molecular complexity index is 569. The molecule has 5 nitrogen and oxygen atoms in total. The number of pyridine rings is 1. The number of rotatable bonds is 4. The molecule has 1 aromatic rings. The van der Waals surface area contributed by atoms with Gasteiger partial charge < -0.3 is 15.1 Å². The zero-order valence-corrected chi connectivity index (χ0v) is 13.9. The largest absolute Gasteiger partial charge is 0.367 e. The van der Waals surface area contributed by atoms with Crippen LogP contribution in [-0.2, 0) is 0 Å². The molecule has 23 heavy (non-hydrogen) atoms. The summed E-state index contributed by atoms with van der Waals surface area (Å²) >= 11 is 0. The van der Waals surface area contributed by atoms with Crippen molar-refractivity contribution in [2.45, 2.75) is 56.7 Å². The van der Waals surface area contributed by atoms with Gasteiger partial charge in [0.15, 0.2) is 0 Å². The second kappa shape index (κ2) is 6.11. The molecule has 0 spiro atoms. The van der Waals surface area contributed by atoms with E-state index >= 15 is 0 Å². The predicted octanol–water partition coefficient (Wildman–Crippen LogP) is 2.35. The topological polar surface area (TPSA) is 48.5 Å². The second-order valence-electron chi connectivity index (χ2n) is 7.25. The molecule has 1 aromatic heterocycles. The normalized spacial score (nSPS) is 28.3. The summed E-state index contributed by atoms with van der Waals surface area (Å²) in [7, 11) is 2.19. The molecular weight excluding hydrogens is 288 g/mol. The van der Waals surface area contributed by atoms with Crippen molar-refractivity contribution in [2.24, 2.45) is 0 Å². The molecule has 0 radical (unpaired) electrons. The van der Waals surface area contributed by atoms with Gasteiger partial charge in [-0.15, -0.1) is 0 Å². The fraction of sp³-hybridized carbons (Fsp3) is 0.667. The lowest BCUT2D eigenvalue weighted by molar-refractivity contribution is 0.0664. The molecule has 0 aromatic carbocycles. The first-order valence-corrected chi connectivity index (χ1v) is 8.96. The van der Waals surface area contributed by atoms with Crippen LogP contribution in [0.4, 0.5) is 5.82 Å². The average molecular weight is 314 g/mol. The van der Waals surface area contributed by atoms with Crippen molar-refractivity contribution in [3.63, 3.8) is 0 Å². The maximum absolute atomic E-state index is 12.9. The van der Waals surface area contributed by atoms with E-state index in [-0.39, 0.29) is 5.91 Å². The molecule has 124 valence electrons. The highest BCUT2D eigenvalue weighted by Crippen LogP contribution is 2.30. The summed E-state index contributed by atoms with van der Waals surface area (Å²) in [5.74, 6) is 1.04. The quantitative estimate of drug-likeness (QED) is 0.927. The van der Waals surface area contributed by atoms with Crippen molar-refractivity contribution < 1.29 is 4.79 Å². The molecule has 1 amide bonds.